The van der Waals surface area contributed by atoms with E-state index in [0.717, 1.165) is 22.9 Å². The van der Waals surface area contributed by atoms with Crippen molar-refractivity contribution < 1.29 is 22.3 Å². The number of pyridine rings is 1. The number of nitrogens with zero attached hydrogens (tertiary/aromatic N) is 1. The molecule has 1 aliphatic rings. The molecule has 1 unspecified atom stereocenters. The molecule has 4 N–H and O–H groups in total. The fraction of sp³-hybridized carbons (Fsp3) is 0.185. The Hall–Kier alpha value is -3.57. The number of sulfonamides is 1. The van der Waals surface area contributed by atoms with Crippen LogP contribution in [0.25, 0.3) is 10.8 Å². The number of nitrogens with two attached hydrogens (primary N) is 1. The Balaban J connectivity index is 1.46. The summed E-state index contributed by atoms with van der Waals surface area (Å²) in [5, 5.41) is 13.5. The second kappa shape index (κ2) is 10.3. The molecule has 1 aliphatic heterocycles. The van der Waals surface area contributed by atoms with Gasteiger partial charge in [0.25, 0.3) is 0 Å². The van der Waals surface area contributed by atoms with Crippen molar-refractivity contribution in [2.24, 2.45) is 5.14 Å². The van der Waals surface area contributed by atoms with Gasteiger partial charge >= 0.3 is 0 Å². The van der Waals surface area contributed by atoms with E-state index in [0.29, 0.717) is 40.6 Å². The number of benzene rings is 3. The molecule has 0 saturated carbocycles. The first-order valence-corrected chi connectivity index (χ1v) is 13.7. The van der Waals surface area contributed by atoms with Gasteiger partial charge in [-0.05, 0) is 35.9 Å². The maximum Gasteiger partial charge on any atom is 0.240 e. The third kappa shape index (κ3) is 5.08. The molecule has 196 valence electrons. The molecule has 0 radical (unpaired) electrons. The van der Waals surface area contributed by atoms with Gasteiger partial charge in [-0.3, -0.25) is 9.78 Å². The number of ether oxygens (including phenoxy) is 1. The minimum absolute atomic E-state index is 0.170. The van der Waals surface area contributed by atoms with Crippen molar-refractivity contribution in [2.45, 2.75) is 23.3 Å². The Labute approximate surface area is 224 Å². The summed E-state index contributed by atoms with van der Waals surface area (Å²) in [6.07, 6.45) is 3.69. The van der Waals surface area contributed by atoms with E-state index < -0.39 is 26.2 Å². The Morgan fingerprint density at radius 1 is 1.13 bits per heavy atom. The summed E-state index contributed by atoms with van der Waals surface area (Å²) >= 11 is 6.33. The van der Waals surface area contributed by atoms with Crippen LogP contribution in [0.1, 0.15) is 17.5 Å². The van der Waals surface area contributed by atoms with Crippen LogP contribution < -0.4 is 20.5 Å². The number of carbonyl (C=O) groups is 1. The minimum atomic E-state index is -4.17. The zero-order chi connectivity index (χ0) is 26.9. The summed E-state index contributed by atoms with van der Waals surface area (Å²) in [6.45, 7) is 0.644. The highest BCUT2D eigenvalue weighted by atomic mass is 35.5. The van der Waals surface area contributed by atoms with Crippen LogP contribution >= 0.6 is 11.6 Å². The summed E-state index contributed by atoms with van der Waals surface area (Å²) in [5.74, 6) is -0.658. The quantitative estimate of drug-likeness (QED) is 0.316. The molecule has 2 heterocycles. The summed E-state index contributed by atoms with van der Waals surface area (Å²) < 4.78 is 43.2. The van der Waals surface area contributed by atoms with Crippen LogP contribution in [0.5, 0.6) is 5.75 Å². The normalized spacial score (nSPS) is 17.0. The largest absolute Gasteiger partial charge is 0.493 e. The van der Waals surface area contributed by atoms with Crippen molar-refractivity contribution >= 4 is 44.0 Å². The molecule has 1 atom stereocenters. The van der Waals surface area contributed by atoms with Crippen LogP contribution in [0.15, 0.2) is 78.0 Å². The average molecular weight is 555 g/mol. The van der Waals surface area contributed by atoms with Gasteiger partial charge in [0, 0.05) is 47.1 Å². The average Bonchev–Trinajstić information content (AvgIpc) is 2.88. The molecule has 0 aliphatic carbocycles. The van der Waals surface area contributed by atoms with E-state index in [1.165, 1.54) is 6.07 Å². The van der Waals surface area contributed by atoms with E-state index in [1.807, 2.05) is 24.3 Å². The zero-order valence-corrected chi connectivity index (χ0v) is 21.7. The van der Waals surface area contributed by atoms with E-state index in [9.17, 15) is 17.6 Å². The SMILES string of the molecule is NS(=O)(=O)c1ccc(CNCC2(C(=O)Nc3cncc4ccccc34)CCOc3ccc(Cl)cc32)cc1F. The van der Waals surface area contributed by atoms with Gasteiger partial charge in [-0.15, -0.1) is 0 Å². The minimum Gasteiger partial charge on any atom is -0.493 e. The molecule has 38 heavy (non-hydrogen) atoms. The third-order valence-corrected chi connectivity index (χ3v) is 7.83. The molecule has 0 bridgehead atoms. The van der Waals surface area contributed by atoms with Crippen LogP contribution in [0.3, 0.4) is 0 Å². The fourth-order valence-corrected chi connectivity index (χ4v) is 5.50. The van der Waals surface area contributed by atoms with E-state index in [-0.39, 0.29) is 19.0 Å². The smallest absolute Gasteiger partial charge is 0.240 e. The number of aromatic nitrogens is 1. The molecule has 8 nitrogen and oxygen atoms in total. The molecule has 11 heteroatoms. The second-order valence-corrected chi connectivity index (χ2v) is 11.1. The molecule has 0 saturated heterocycles. The third-order valence-electron chi connectivity index (χ3n) is 6.65. The maximum absolute atomic E-state index is 14.4. The molecule has 3 aromatic carbocycles. The van der Waals surface area contributed by atoms with Crippen LogP contribution in [-0.2, 0) is 26.8 Å². The van der Waals surface area contributed by atoms with E-state index in [2.05, 4.69) is 15.6 Å². The van der Waals surface area contributed by atoms with Crippen LogP contribution in [-0.4, -0.2) is 32.5 Å². The summed E-state index contributed by atoms with van der Waals surface area (Å²) in [7, 11) is -4.17. The number of primary sulfonamides is 1. The number of amides is 1. The lowest BCUT2D eigenvalue weighted by Gasteiger charge is -2.38. The fourth-order valence-electron chi connectivity index (χ4n) is 4.74. The lowest BCUT2D eigenvalue weighted by atomic mass is 9.74. The van der Waals surface area contributed by atoms with Gasteiger partial charge in [0.1, 0.15) is 16.5 Å². The number of hydrogen-bond donors (Lipinski definition) is 3. The molecular weight excluding hydrogens is 531 g/mol. The number of nitrogens with one attached hydrogen (secondary N) is 2. The van der Waals surface area contributed by atoms with Gasteiger partial charge in [0.15, 0.2) is 0 Å². The van der Waals surface area contributed by atoms with Crippen LogP contribution in [0, 0.1) is 5.82 Å². The van der Waals surface area contributed by atoms with Gasteiger partial charge in [-0.25, -0.2) is 17.9 Å². The molecule has 0 spiro atoms. The number of halogens is 2. The number of rotatable bonds is 7. The van der Waals surface area contributed by atoms with Crippen LogP contribution in [0.4, 0.5) is 10.1 Å². The van der Waals surface area contributed by atoms with Gasteiger partial charge in [-0.1, -0.05) is 41.9 Å². The van der Waals surface area contributed by atoms with E-state index in [1.54, 1.807) is 30.6 Å². The Kier molecular flexibility index (Phi) is 7.06. The highest BCUT2D eigenvalue weighted by Crippen LogP contribution is 2.41. The Bertz CT molecular complexity index is 1640. The van der Waals surface area contributed by atoms with Crippen molar-refractivity contribution in [1.82, 2.24) is 10.3 Å². The number of fused-ring (bicyclic) bond motifs is 2. The molecule has 4 aromatic rings. The lowest BCUT2D eigenvalue weighted by Crippen LogP contribution is -2.50. The summed E-state index contributed by atoms with van der Waals surface area (Å²) in [4.78, 5) is 17.7. The maximum atomic E-state index is 14.4. The number of hydrogen-bond acceptors (Lipinski definition) is 6. The van der Waals surface area contributed by atoms with Gasteiger partial charge in [0.05, 0.1) is 23.9 Å². The number of carbonyl (C=O) groups excluding carboxylic acids is 1. The van der Waals surface area contributed by atoms with Gasteiger partial charge in [0.2, 0.25) is 15.9 Å². The van der Waals surface area contributed by atoms with Gasteiger partial charge in [-0.2, -0.15) is 0 Å². The highest BCUT2D eigenvalue weighted by molar-refractivity contribution is 7.89. The molecule has 1 aromatic heterocycles. The first kappa shape index (κ1) is 26.1. The van der Waals surface area contributed by atoms with Crippen LogP contribution in [0.2, 0.25) is 5.02 Å². The summed E-state index contributed by atoms with van der Waals surface area (Å²) in [6, 6.07) is 16.5. The van der Waals surface area contributed by atoms with Crippen molar-refractivity contribution in [3.05, 3.63) is 95.0 Å². The van der Waals surface area contributed by atoms with Crippen molar-refractivity contribution in [2.75, 3.05) is 18.5 Å². The molecule has 1 amide bonds. The second-order valence-electron chi connectivity index (χ2n) is 9.10. The van der Waals surface area contributed by atoms with Gasteiger partial charge < -0.3 is 15.4 Å². The monoisotopic (exact) mass is 554 g/mol. The highest BCUT2D eigenvalue weighted by Gasteiger charge is 2.44. The van der Waals surface area contributed by atoms with Crippen molar-refractivity contribution in [3.8, 4) is 5.75 Å². The zero-order valence-electron chi connectivity index (χ0n) is 20.1. The summed E-state index contributed by atoms with van der Waals surface area (Å²) in [5.41, 5.74) is 0.615. The predicted octanol–water partition coefficient (Wildman–Crippen LogP) is 4.12. The molecular formula is C27H24ClFN4O4S. The Morgan fingerprint density at radius 3 is 2.74 bits per heavy atom. The Morgan fingerprint density at radius 2 is 1.95 bits per heavy atom. The van der Waals surface area contributed by atoms with E-state index in [4.69, 9.17) is 21.5 Å². The van der Waals surface area contributed by atoms with Crippen molar-refractivity contribution in [1.29, 1.82) is 0 Å². The topological polar surface area (TPSA) is 123 Å². The first-order chi connectivity index (χ1) is 18.2. The standard InChI is InChI=1S/C27H24ClFN4O4S/c28-19-6-7-24-21(12-19)27(9-10-37-24,16-32-13-17-5-8-25(22(29)11-17)38(30,35)36)26(34)33-23-15-31-14-18-3-1-2-4-20(18)23/h1-8,11-12,14-15,32H,9-10,13,16H2,(H,33,34)(H2,30,35,36). The van der Waals surface area contributed by atoms with Crippen molar-refractivity contribution in [3.63, 3.8) is 0 Å². The van der Waals surface area contributed by atoms with E-state index >= 15 is 0 Å². The first-order valence-electron chi connectivity index (χ1n) is 11.8. The lowest BCUT2D eigenvalue weighted by molar-refractivity contribution is -0.122. The predicted molar refractivity (Wildman–Crippen MR) is 143 cm³/mol. The molecule has 0 fully saturated rings. The molecule has 5 rings (SSSR count). The number of anilines is 1.